The molecule has 0 saturated carbocycles. The first-order valence-electron chi connectivity index (χ1n) is 1.20. The normalized spacial score (nSPS) is 4.33. The first-order valence-corrected chi connectivity index (χ1v) is 1.20. The van der Waals surface area contributed by atoms with Crippen molar-refractivity contribution in [2.24, 2.45) is 0 Å². The van der Waals surface area contributed by atoms with E-state index in [0.29, 0.717) is 0 Å². The molecule has 0 atom stereocenters. The molecule has 36 valence electrons. The predicted octanol–water partition coefficient (Wildman–Crippen LogP) is -0.385. The molecule has 0 aliphatic heterocycles. The van der Waals surface area contributed by atoms with Crippen LogP contribution in [0.2, 0.25) is 0 Å². The zero-order valence-corrected chi connectivity index (χ0v) is 6.32. The Morgan fingerprint density at radius 1 is 1.50 bits per heavy atom. The average molecular weight is 118 g/mol. The number of ketones is 1. The van der Waals surface area contributed by atoms with Crippen molar-refractivity contribution in [3.63, 3.8) is 0 Å². The fraction of sp³-hybridized carbons (Fsp3) is 0.667. The van der Waals surface area contributed by atoms with Crippen LogP contribution in [0.5, 0.6) is 0 Å². The summed E-state index contributed by atoms with van der Waals surface area (Å²) in [6.07, 6.45) is 0. The number of rotatable bonds is 0. The second-order valence-corrected chi connectivity index (χ2v) is 0.908. The van der Waals surface area contributed by atoms with E-state index in [-0.39, 0.29) is 51.9 Å². The molecule has 0 rings (SSSR count). The minimum Gasteiger partial charge on any atom is -1.00 e. The Hall–Kier alpha value is 0.890. The van der Waals surface area contributed by atoms with E-state index in [1.54, 1.807) is 0 Å². The van der Waals surface area contributed by atoms with Crippen molar-refractivity contribution in [3.05, 3.63) is 0 Å². The summed E-state index contributed by atoms with van der Waals surface area (Å²) < 4.78 is 0. The van der Waals surface area contributed by atoms with Crippen LogP contribution in [-0.2, 0) is 4.79 Å². The maximum atomic E-state index is 9.44. The molecular formula is C3H10CaO2. The Labute approximate surface area is 70.2 Å². The van der Waals surface area contributed by atoms with E-state index in [4.69, 9.17) is 0 Å². The summed E-state index contributed by atoms with van der Waals surface area (Å²) >= 11 is 0. The van der Waals surface area contributed by atoms with Crippen LogP contribution in [0.1, 0.15) is 16.7 Å². The predicted molar refractivity (Wildman–Crippen MR) is 27.9 cm³/mol. The summed E-state index contributed by atoms with van der Waals surface area (Å²) in [5, 5.41) is 0. The molecule has 0 radical (unpaired) electrons. The Balaban J connectivity index is -0.00000000750. The van der Waals surface area contributed by atoms with Crippen molar-refractivity contribution in [3.8, 4) is 0 Å². The maximum Gasteiger partial charge on any atom is 2.00 e. The van der Waals surface area contributed by atoms with E-state index in [1.165, 1.54) is 13.8 Å². The zero-order chi connectivity index (χ0) is 3.58. The van der Waals surface area contributed by atoms with E-state index >= 15 is 0 Å². The van der Waals surface area contributed by atoms with Crippen LogP contribution >= 0.6 is 0 Å². The van der Waals surface area contributed by atoms with Crippen molar-refractivity contribution in [1.82, 2.24) is 0 Å². The van der Waals surface area contributed by atoms with E-state index in [0.717, 1.165) is 0 Å². The van der Waals surface area contributed by atoms with Gasteiger partial charge in [0, 0.05) is 0 Å². The van der Waals surface area contributed by atoms with Crippen molar-refractivity contribution in [1.29, 1.82) is 0 Å². The standard InChI is InChI=1S/C3H6O.Ca.H2O.2H/c1-3(2)4;;;;/h1-2H3;;1H2;;/q;+2;;2*-1. The van der Waals surface area contributed by atoms with Gasteiger partial charge in [-0.2, -0.15) is 0 Å². The van der Waals surface area contributed by atoms with E-state index < -0.39 is 0 Å². The summed E-state index contributed by atoms with van der Waals surface area (Å²) in [5.41, 5.74) is 0. The van der Waals surface area contributed by atoms with Crippen LogP contribution in [0.3, 0.4) is 0 Å². The van der Waals surface area contributed by atoms with E-state index in [1.807, 2.05) is 0 Å². The van der Waals surface area contributed by atoms with E-state index in [9.17, 15) is 4.79 Å². The first kappa shape index (κ1) is 15.8. The number of Topliss-reactive ketones (excluding diaryl/α,β-unsaturated/α-hetero) is 1. The molecule has 0 bridgehead atoms. The van der Waals surface area contributed by atoms with Gasteiger partial charge >= 0.3 is 37.7 Å². The van der Waals surface area contributed by atoms with Gasteiger partial charge in [-0.1, -0.05) is 0 Å². The van der Waals surface area contributed by atoms with Crippen molar-refractivity contribution in [2.75, 3.05) is 0 Å². The number of hydrogen-bond acceptors (Lipinski definition) is 1. The van der Waals surface area contributed by atoms with Gasteiger partial charge in [-0.3, -0.25) is 0 Å². The molecule has 0 fully saturated rings. The molecule has 0 amide bonds. The molecule has 2 N–H and O–H groups in total. The molecule has 0 aromatic carbocycles. The second kappa shape index (κ2) is 9.31. The molecule has 0 spiro atoms. The zero-order valence-electron chi connectivity index (χ0n) is 6.12. The van der Waals surface area contributed by atoms with Gasteiger partial charge in [0.2, 0.25) is 0 Å². The maximum absolute atomic E-state index is 9.44. The van der Waals surface area contributed by atoms with Gasteiger partial charge in [-0.15, -0.1) is 0 Å². The fourth-order valence-corrected chi connectivity index (χ4v) is 0. The molecule has 0 saturated heterocycles. The molecule has 2 nitrogen and oxygen atoms in total. The summed E-state index contributed by atoms with van der Waals surface area (Å²) in [4.78, 5) is 9.44. The third-order valence-electron chi connectivity index (χ3n) is 0. The third kappa shape index (κ3) is 93.5. The number of hydrogen-bond donors (Lipinski definition) is 0. The van der Waals surface area contributed by atoms with Crippen molar-refractivity contribution in [2.45, 2.75) is 13.8 Å². The number of carbonyl (C=O) groups excluding carboxylic acids is 1. The Kier molecular flexibility index (Phi) is 24.5. The van der Waals surface area contributed by atoms with Crippen molar-refractivity contribution >= 4 is 43.5 Å². The second-order valence-electron chi connectivity index (χ2n) is 0.908. The Morgan fingerprint density at radius 2 is 1.50 bits per heavy atom. The monoisotopic (exact) mass is 118 g/mol. The van der Waals surface area contributed by atoms with Crippen molar-refractivity contribution < 1.29 is 13.1 Å². The van der Waals surface area contributed by atoms with E-state index in [2.05, 4.69) is 0 Å². The molecule has 0 unspecified atom stereocenters. The summed E-state index contributed by atoms with van der Waals surface area (Å²) in [6, 6.07) is 0. The minimum absolute atomic E-state index is 0. The Bertz CT molecular complexity index is 38.3. The third-order valence-corrected chi connectivity index (χ3v) is 0. The minimum atomic E-state index is 0. The summed E-state index contributed by atoms with van der Waals surface area (Å²) in [6.45, 7) is 3.06. The molecule has 3 heteroatoms. The van der Waals surface area contributed by atoms with Crippen LogP contribution in [0, 0.1) is 0 Å². The van der Waals surface area contributed by atoms with Crippen LogP contribution in [0.4, 0.5) is 0 Å². The van der Waals surface area contributed by atoms with Gasteiger partial charge in [-0.25, -0.2) is 0 Å². The summed E-state index contributed by atoms with van der Waals surface area (Å²) in [7, 11) is 0. The van der Waals surface area contributed by atoms with Gasteiger partial charge in [0.15, 0.2) is 0 Å². The smallest absolute Gasteiger partial charge is 1.00 e. The first-order chi connectivity index (χ1) is 1.73. The number of carbonyl (C=O) groups is 1. The quantitative estimate of drug-likeness (QED) is 0.400. The SMILES string of the molecule is CC(C)=O.O.[Ca+2].[H-].[H-]. The van der Waals surface area contributed by atoms with Gasteiger partial charge < -0.3 is 13.1 Å². The molecule has 0 aromatic rings. The van der Waals surface area contributed by atoms with Crippen LogP contribution in [-0.4, -0.2) is 49.0 Å². The topological polar surface area (TPSA) is 48.6 Å². The summed E-state index contributed by atoms with van der Waals surface area (Å²) in [5.74, 6) is 0.167. The molecule has 0 aromatic heterocycles. The molecular weight excluding hydrogens is 108 g/mol. The Morgan fingerprint density at radius 3 is 1.50 bits per heavy atom. The molecule has 0 aliphatic rings. The average Bonchev–Trinajstić information content (AvgIpc) is 0.811. The fourth-order valence-electron chi connectivity index (χ4n) is 0. The van der Waals surface area contributed by atoms with Gasteiger partial charge in [0.1, 0.15) is 5.78 Å². The molecule has 0 heterocycles. The van der Waals surface area contributed by atoms with Gasteiger partial charge in [0.05, 0.1) is 0 Å². The van der Waals surface area contributed by atoms with Crippen LogP contribution in [0.25, 0.3) is 0 Å². The van der Waals surface area contributed by atoms with Gasteiger partial charge in [0.25, 0.3) is 0 Å². The molecule has 6 heavy (non-hydrogen) atoms. The van der Waals surface area contributed by atoms with Crippen LogP contribution in [0.15, 0.2) is 0 Å². The molecule has 0 aliphatic carbocycles. The largest absolute Gasteiger partial charge is 2.00 e. The van der Waals surface area contributed by atoms with Crippen LogP contribution < -0.4 is 0 Å². The van der Waals surface area contributed by atoms with Gasteiger partial charge in [-0.05, 0) is 13.8 Å².